The van der Waals surface area contributed by atoms with E-state index in [-0.39, 0.29) is 5.92 Å². The summed E-state index contributed by atoms with van der Waals surface area (Å²) in [7, 11) is 0. The van der Waals surface area contributed by atoms with Crippen molar-refractivity contribution in [2.45, 2.75) is 179 Å². The Morgan fingerprint density at radius 3 is 1.45 bits per heavy atom. The average Bonchev–Trinajstić information content (AvgIpc) is 3.74. The molecule has 3 nitrogen and oxygen atoms in total. The average molecular weight is 539 g/mol. The molecule has 2 aliphatic carbocycles. The van der Waals surface area contributed by atoms with Crippen LogP contribution >= 0.6 is 0 Å². The van der Waals surface area contributed by atoms with E-state index in [0.717, 1.165) is 37.9 Å². The number of ketones is 2. The van der Waals surface area contributed by atoms with E-state index in [0.29, 0.717) is 28.8 Å². The molecule has 0 aromatic rings. The van der Waals surface area contributed by atoms with E-state index in [9.17, 15) is 9.59 Å². The van der Waals surface area contributed by atoms with Crippen LogP contribution in [-0.4, -0.2) is 17.9 Å². The standard InChI is InChI=1S/C12H22O.C10H20O.C8H18.C3H6.C2H4O/c1-3-7-12(10(2)13)11-8-5-4-6-9-11;1-6-10(4,5)7-8(2)9(3)11;1-4-6-8(3)7-5-2;1-2-3-1;1-2-3/h11-12H,3-9H2,1-2H3;8H,6-7H2,1-5H3;8H,4-7H2,1-3H3;1-3H2;2H,1H3. The smallest absolute Gasteiger partial charge is 0.133 e. The third kappa shape index (κ3) is 29.6. The van der Waals surface area contributed by atoms with Crippen LogP contribution in [0.5, 0.6) is 0 Å². The monoisotopic (exact) mass is 539 g/mol. The Balaban J connectivity index is -0.000000443. The maximum atomic E-state index is 11.4. The highest BCUT2D eigenvalue weighted by molar-refractivity contribution is 5.78. The molecule has 0 amide bonds. The Labute approximate surface area is 240 Å². The summed E-state index contributed by atoms with van der Waals surface area (Å²) in [6, 6.07) is 0. The molecule has 0 aromatic heterocycles. The summed E-state index contributed by atoms with van der Waals surface area (Å²) in [6.45, 7) is 22.5. The summed E-state index contributed by atoms with van der Waals surface area (Å²) in [6.07, 6.45) is 21.9. The lowest BCUT2D eigenvalue weighted by molar-refractivity contribution is -0.123. The maximum absolute atomic E-state index is 11.4. The molecule has 228 valence electrons. The fourth-order valence-electron chi connectivity index (χ4n) is 4.87. The highest BCUT2D eigenvalue weighted by atomic mass is 16.1. The molecule has 2 unspecified atom stereocenters. The minimum absolute atomic E-state index is 0.227. The van der Waals surface area contributed by atoms with Crippen molar-refractivity contribution in [1.29, 1.82) is 0 Å². The van der Waals surface area contributed by atoms with Crippen molar-refractivity contribution in [3.05, 3.63) is 0 Å². The van der Waals surface area contributed by atoms with Gasteiger partial charge in [-0.3, -0.25) is 9.59 Å². The van der Waals surface area contributed by atoms with Gasteiger partial charge in [-0.15, -0.1) is 0 Å². The highest BCUT2D eigenvalue weighted by Gasteiger charge is 2.26. The number of aldehydes is 1. The van der Waals surface area contributed by atoms with E-state index in [1.165, 1.54) is 84.0 Å². The van der Waals surface area contributed by atoms with Crippen LogP contribution in [0.2, 0.25) is 0 Å². The number of Topliss-reactive ketones (excluding diaryl/α,β-unsaturated/α-hetero) is 2. The fraction of sp³-hybridized carbons (Fsp3) is 0.914. The van der Waals surface area contributed by atoms with Crippen molar-refractivity contribution >= 4 is 17.9 Å². The van der Waals surface area contributed by atoms with Crippen molar-refractivity contribution in [2.75, 3.05) is 0 Å². The molecule has 0 saturated heterocycles. The van der Waals surface area contributed by atoms with E-state index in [1.807, 2.05) is 6.92 Å². The second kappa shape index (κ2) is 27.6. The number of carbonyl (C=O) groups excluding carboxylic acids is 3. The van der Waals surface area contributed by atoms with E-state index in [2.05, 4.69) is 48.5 Å². The van der Waals surface area contributed by atoms with Gasteiger partial charge in [0.25, 0.3) is 0 Å². The number of carbonyl (C=O) groups is 3. The van der Waals surface area contributed by atoms with Crippen LogP contribution < -0.4 is 0 Å². The maximum Gasteiger partial charge on any atom is 0.133 e. The summed E-state index contributed by atoms with van der Waals surface area (Å²) in [4.78, 5) is 31.2. The van der Waals surface area contributed by atoms with E-state index < -0.39 is 0 Å². The normalized spacial score (nSPS) is 16.0. The molecule has 2 atom stereocenters. The lowest BCUT2D eigenvalue weighted by Gasteiger charge is -2.28. The van der Waals surface area contributed by atoms with Gasteiger partial charge in [0, 0.05) is 11.8 Å². The summed E-state index contributed by atoms with van der Waals surface area (Å²) < 4.78 is 0. The van der Waals surface area contributed by atoms with Crippen molar-refractivity contribution < 1.29 is 14.4 Å². The number of rotatable bonds is 12. The Morgan fingerprint density at radius 1 is 0.763 bits per heavy atom. The summed E-state index contributed by atoms with van der Waals surface area (Å²) >= 11 is 0. The van der Waals surface area contributed by atoms with Gasteiger partial charge in [-0.25, -0.2) is 0 Å². The van der Waals surface area contributed by atoms with Gasteiger partial charge in [0.05, 0.1) is 0 Å². The van der Waals surface area contributed by atoms with Gasteiger partial charge in [-0.1, -0.05) is 132 Å². The molecule has 0 aromatic carbocycles. The van der Waals surface area contributed by atoms with E-state index in [1.54, 1.807) is 13.8 Å². The Bertz CT molecular complexity index is 535. The quantitative estimate of drug-likeness (QED) is 0.232. The molecular weight excluding hydrogens is 468 g/mol. The molecule has 0 heterocycles. The number of hydrogen-bond donors (Lipinski definition) is 0. The first-order valence-corrected chi connectivity index (χ1v) is 16.3. The third-order valence-corrected chi connectivity index (χ3v) is 7.77. The molecule has 0 radical (unpaired) electrons. The van der Waals surface area contributed by atoms with Gasteiger partial charge in [0.1, 0.15) is 17.9 Å². The predicted molar refractivity (Wildman–Crippen MR) is 169 cm³/mol. The minimum Gasteiger partial charge on any atom is -0.304 e. The van der Waals surface area contributed by atoms with Gasteiger partial charge in [-0.05, 0) is 63.7 Å². The van der Waals surface area contributed by atoms with Gasteiger partial charge in [0.15, 0.2) is 0 Å². The summed E-state index contributed by atoms with van der Waals surface area (Å²) in [5.41, 5.74) is 0.324. The second-order valence-electron chi connectivity index (χ2n) is 12.6. The zero-order valence-electron chi connectivity index (χ0n) is 27.9. The predicted octanol–water partition coefficient (Wildman–Crippen LogP) is 11.2. The molecule has 0 bridgehead atoms. The van der Waals surface area contributed by atoms with Crippen molar-refractivity contribution in [3.8, 4) is 0 Å². The Kier molecular flexibility index (Phi) is 30.1. The topological polar surface area (TPSA) is 51.2 Å². The first kappa shape index (κ1) is 41.5. The molecule has 2 saturated carbocycles. The minimum atomic E-state index is 0.227. The summed E-state index contributed by atoms with van der Waals surface area (Å²) in [5, 5.41) is 0. The van der Waals surface area contributed by atoms with Gasteiger partial charge < -0.3 is 4.79 Å². The number of hydrogen-bond acceptors (Lipinski definition) is 3. The molecule has 3 heteroatoms. The molecule has 0 spiro atoms. The summed E-state index contributed by atoms with van der Waals surface area (Å²) in [5.74, 6) is 3.02. The fourth-order valence-corrected chi connectivity index (χ4v) is 4.87. The first-order chi connectivity index (χ1) is 17.9. The largest absolute Gasteiger partial charge is 0.304 e. The lowest BCUT2D eigenvalue weighted by atomic mass is 9.76. The molecule has 2 fully saturated rings. The third-order valence-electron chi connectivity index (χ3n) is 7.77. The first-order valence-electron chi connectivity index (χ1n) is 16.3. The van der Waals surface area contributed by atoms with E-state index in [4.69, 9.17) is 4.79 Å². The van der Waals surface area contributed by atoms with Crippen LogP contribution in [-0.2, 0) is 14.4 Å². The molecule has 0 aliphatic heterocycles. The SMILES string of the molecule is C1CC1.CC=O.CCC(C)(C)CC(C)C(C)=O.CCCC(C(C)=O)C1CCCCC1.CCCC(C)CCC. The van der Waals surface area contributed by atoms with Gasteiger partial charge in [0.2, 0.25) is 0 Å². The molecular formula is C35H70O3. The van der Waals surface area contributed by atoms with Gasteiger partial charge >= 0.3 is 0 Å². The molecule has 2 aliphatic rings. The van der Waals surface area contributed by atoms with Crippen LogP contribution in [0.3, 0.4) is 0 Å². The van der Waals surface area contributed by atoms with Crippen LogP contribution in [0.4, 0.5) is 0 Å². The molecule has 0 N–H and O–H groups in total. The van der Waals surface area contributed by atoms with E-state index >= 15 is 0 Å². The lowest BCUT2D eigenvalue weighted by Crippen LogP contribution is -2.23. The zero-order chi connectivity index (χ0) is 30.0. The second-order valence-corrected chi connectivity index (χ2v) is 12.6. The molecule has 2 rings (SSSR count). The zero-order valence-corrected chi connectivity index (χ0v) is 27.9. The van der Waals surface area contributed by atoms with Crippen LogP contribution in [0.25, 0.3) is 0 Å². The Hall–Kier alpha value is -0.990. The highest BCUT2D eigenvalue weighted by Crippen LogP contribution is 2.33. The van der Waals surface area contributed by atoms with Crippen LogP contribution in [0, 0.1) is 29.1 Å². The Morgan fingerprint density at radius 2 is 1.16 bits per heavy atom. The van der Waals surface area contributed by atoms with Crippen LogP contribution in [0.1, 0.15) is 179 Å². The molecule has 38 heavy (non-hydrogen) atoms. The van der Waals surface area contributed by atoms with Crippen molar-refractivity contribution in [2.24, 2.45) is 29.1 Å². The van der Waals surface area contributed by atoms with Crippen molar-refractivity contribution in [3.63, 3.8) is 0 Å². The van der Waals surface area contributed by atoms with Crippen LogP contribution in [0.15, 0.2) is 0 Å². The van der Waals surface area contributed by atoms with Crippen molar-refractivity contribution in [1.82, 2.24) is 0 Å². The van der Waals surface area contributed by atoms with Gasteiger partial charge in [-0.2, -0.15) is 0 Å².